The standard InChI is InChI=1S/C16H21N3S/c1-12-4-5-13(2)14(10-12)15-11-20-16(17-15)19-8-6-18(3)7-9-19/h4-5,10-11H,6-9H2,1-3H3. The molecule has 0 N–H and O–H groups in total. The summed E-state index contributed by atoms with van der Waals surface area (Å²) in [6, 6.07) is 6.57. The van der Waals surface area contributed by atoms with Gasteiger partial charge < -0.3 is 9.80 Å². The molecule has 0 aliphatic carbocycles. The average Bonchev–Trinajstić information content (AvgIpc) is 2.92. The molecule has 1 aromatic carbocycles. The van der Waals surface area contributed by atoms with Gasteiger partial charge in [-0.05, 0) is 32.5 Å². The zero-order valence-corrected chi connectivity index (χ0v) is 13.2. The monoisotopic (exact) mass is 287 g/mol. The number of benzene rings is 1. The van der Waals surface area contributed by atoms with E-state index in [2.05, 4.69) is 54.3 Å². The topological polar surface area (TPSA) is 19.4 Å². The summed E-state index contributed by atoms with van der Waals surface area (Å²) in [4.78, 5) is 9.63. The smallest absolute Gasteiger partial charge is 0.185 e. The Morgan fingerprint density at radius 3 is 2.60 bits per heavy atom. The van der Waals surface area contributed by atoms with Gasteiger partial charge in [-0.3, -0.25) is 0 Å². The highest BCUT2D eigenvalue weighted by Gasteiger charge is 2.17. The molecule has 3 nitrogen and oxygen atoms in total. The van der Waals surface area contributed by atoms with Crippen LogP contribution in [0.5, 0.6) is 0 Å². The van der Waals surface area contributed by atoms with Gasteiger partial charge in [0.2, 0.25) is 0 Å². The first-order valence-corrected chi connectivity index (χ1v) is 7.98. The van der Waals surface area contributed by atoms with Gasteiger partial charge in [-0.25, -0.2) is 4.98 Å². The molecule has 1 aliphatic heterocycles. The lowest BCUT2D eigenvalue weighted by atomic mass is 10.0. The number of thiazole rings is 1. The van der Waals surface area contributed by atoms with E-state index in [1.54, 1.807) is 11.3 Å². The molecular formula is C16H21N3S. The Hall–Kier alpha value is -1.39. The number of aryl methyl sites for hydroxylation is 2. The quantitative estimate of drug-likeness (QED) is 0.845. The van der Waals surface area contributed by atoms with E-state index in [-0.39, 0.29) is 0 Å². The van der Waals surface area contributed by atoms with Crippen LogP contribution in [0.3, 0.4) is 0 Å². The largest absolute Gasteiger partial charge is 0.346 e. The first-order valence-electron chi connectivity index (χ1n) is 7.10. The van der Waals surface area contributed by atoms with Gasteiger partial charge in [0.1, 0.15) is 0 Å². The molecule has 1 saturated heterocycles. The zero-order chi connectivity index (χ0) is 14.1. The van der Waals surface area contributed by atoms with Crippen molar-refractivity contribution < 1.29 is 0 Å². The van der Waals surface area contributed by atoms with Crippen molar-refractivity contribution in [3.05, 3.63) is 34.7 Å². The fourth-order valence-corrected chi connectivity index (χ4v) is 3.42. The van der Waals surface area contributed by atoms with Gasteiger partial charge in [-0.15, -0.1) is 11.3 Å². The number of nitrogens with zero attached hydrogens (tertiary/aromatic N) is 3. The molecule has 0 unspecified atom stereocenters. The molecular weight excluding hydrogens is 266 g/mol. The van der Waals surface area contributed by atoms with E-state index in [4.69, 9.17) is 4.98 Å². The summed E-state index contributed by atoms with van der Waals surface area (Å²) in [5.41, 5.74) is 4.97. The van der Waals surface area contributed by atoms with Crippen LogP contribution in [0, 0.1) is 13.8 Å². The number of rotatable bonds is 2. The van der Waals surface area contributed by atoms with E-state index in [0.29, 0.717) is 0 Å². The Bertz CT molecular complexity index is 598. The molecule has 1 aliphatic rings. The molecule has 0 saturated carbocycles. The van der Waals surface area contributed by atoms with Crippen molar-refractivity contribution in [2.75, 3.05) is 38.1 Å². The Kier molecular flexibility index (Phi) is 3.76. The fraction of sp³-hybridized carbons (Fsp3) is 0.438. The van der Waals surface area contributed by atoms with Crippen LogP contribution in [-0.2, 0) is 0 Å². The second kappa shape index (κ2) is 5.54. The normalized spacial score (nSPS) is 16.6. The van der Waals surface area contributed by atoms with Crippen LogP contribution < -0.4 is 4.90 Å². The lowest BCUT2D eigenvalue weighted by Gasteiger charge is -2.32. The molecule has 0 spiro atoms. The van der Waals surface area contributed by atoms with Crippen molar-refractivity contribution in [2.45, 2.75) is 13.8 Å². The van der Waals surface area contributed by atoms with Gasteiger partial charge in [0, 0.05) is 37.1 Å². The minimum atomic E-state index is 1.08. The maximum absolute atomic E-state index is 4.86. The summed E-state index contributed by atoms with van der Waals surface area (Å²) in [5.74, 6) is 0. The zero-order valence-electron chi connectivity index (χ0n) is 12.4. The van der Waals surface area contributed by atoms with Crippen LogP contribution >= 0.6 is 11.3 Å². The van der Waals surface area contributed by atoms with E-state index < -0.39 is 0 Å². The lowest BCUT2D eigenvalue weighted by Crippen LogP contribution is -2.44. The molecule has 0 amide bonds. The molecule has 20 heavy (non-hydrogen) atoms. The van der Waals surface area contributed by atoms with Gasteiger partial charge in [-0.1, -0.05) is 17.7 Å². The first kappa shape index (κ1) is 13.6. The molecule has 0 atom stereocenters. The van der Waals surface area contributed by atoms with E-state index in [1.807, 2.05) is 0 Å². The fourth-order valence-electron chi connectivity index (χ4n) is 2.54. The molecule has 1 fully saturated rings. The summed E-state index contributed by atoms with van der Waals surface area (Å²) in [6.45, 7) is 8.70. The first-order chi connectivity index (χ1) is 9.63. The Morgan fingerprint density at radius 2 is 1.85 bits per heavy atom. The highest BCUT2D eigenvalue weighted by molar-refractivity contribution is 7.14. The second-order valence-corrected chi connectivity index (χ2v) is 6.46. The highest BCUT2D eigenvalue weighted by Crippen LogP contribution is 2.30. The number of anilines is 1. The van der Waals surface area contributed by atoms with Crippen molar-refractivity contribution in [1.29, 1.82) is 0 Å². The third-order valence-electron chi connectivity index (χ3n) is 3.93. The maximum Gasteiger partial charge on any atom is 0.185 e. The number of hydrogen-bond donors (Lipinski definition) is 0. The predicted molar refractivity (Wildman–Crippen MR) is 86.7 cm³/mol. The molecule has 106 valence electrons. The summed E-state index contributed by atoms with van der Waals surface area (Å²) in [5, 5.41) is 3.35. The Morgan fingerprint density at radius 1 is 1.10 bits per heavy atom. The van der Waals surface area contributed by atoms with Crippen LogP contribution in [0.15, 0.2) is 23.6 Å². The van der Waals surface area contributed by atoms with Gasteiger partial charge in [0.05, 0.1) is 5.69 Å². The molecule has 3 rings (SSSR count). The van der Waals surface area contributed by atoms with E-state index >= 15 is 0 Å². The summed E-state index contributed by atoms with van der Waals surface area (Å²) >= 11 is 1.76. The third-order valence-corrected chi connectivity index (χ3v) is 4.84. The van der Waals surface area contributed by atoms with E-state index in [9.17, 15) is 0 Å². The van der Waals surface area contributed by atoms with Crippen molar-refractivity contribution in [3.63, 3.8) is 0 Å². The molecule has 0 bridgehead atoms. The van der Waals surface area contributed by atoms with Gasteiger partial charge in [0.15, 0.2) is 5.13 Å². The predicted octanol–water partition coefficient (Wildman–Crippen LogP) is 3.18. The highest BCUT2D eigenvalue weighted by atomic mass is 32.1. The minimum absolute atomic E-state index is 1.08. The number of aromatic nitrogens is 1. The summed E-state index contributed by atoms with van der Waals surface area (Å²) in [6.07, 6.45) is 0. The average molecular weight is 287 g/mol. The Balaban J connectivity index is 1.85. The maximum atomic E-state index is 4.86. The number of hydrogen-bond acceptors (Lipinski definition) is 4. The van der Waals surface area contributed by atoms with Crippen LogP contribution in [-0.4, -0.2) is 43.1 Å². The second-order valence-electron chi connectivity index (χ2n) is 5.62. The molecule has 4 heteroatoms. The van der Waals surface area contributed by atoms with Gasteiger partial charge >= 0.3 is 0 Å². The van der Waals surface area contributed by atoms with Crippen LogP contribution in [0.1, 0.15) is 11.1 Å². The van der Waals surface area contributed by atoms with Crippen molar-refractivity contribution in [2.24, 2.45) is 0 Å². The van der Waals surface area contributed by atoms with Crippen molar-refractivity contribution >= 4 is 16.5 Å². The third kappa shape index (κ3) is 2.72. The van der Waals surface area contributed by atoms with Gasteiger partial charge in [-0.2, -0.15) is 0 Å². The lowest BCUT2D eigenvalue weighted by molar-refractivity contribution is 0.313. The van der Waals surface area contributed by atoms with Crippen LogP contribution in [0.25, 0.3) is 11.3 Å². The molecule has 2 heterocycles. The van der Waals surface area contributed by atoms with E-state index in [1.165, 1.54) is 16.7 Å². The number of likely N-dealkylation sites (N-methyl/N-ethyl adjacent to an activating group) is 1. The van der Waals surface area contributed by atoms with Crippen LogP contribution in [0.4, 0.5) is 5.13 Å². The number of piperazine rings is 1. The summed E-state index contributed by atoms with van der Waals surface area (Å²) < 4.78 is 0. The minimum Gasteiger partial charge on any atom is -0.346 e. The van der Waals surface area contributed by atoms with Crippen molar-refractivity contribution in [3.8, 4) is 11.3 Å². The van der Waals surface area contributed by atoms with E-state index in [0.717, 1.165) is 37.0 Å². The van der Waals surface area contributed by atoms with Crippen LogP contribution in [0.2, 0.25) is 0 Å². The Labute approximate surface area is 124 Å². The van der Waals surface area contributed by atoms with Crippen molar-refractivity contribution in [1.82, 2.24) is 9.88 Å². The molecule has 2 aromatic rings. The molecule has 0 radical (unpaired) electrons. The SMILES string of the molecule is Cc1ccc(C)c(-c2csc(N3CCN(C)CC3)n2)c1. The summed E-state index contributed by atoms with van der Waals surface area (Å²) in [7, 11) is 2.18. The molecule has 1 aromatic heterocycles. The van der Waals surface area contributed by atoms with Gasteiger partial charge in [0.25, 0.3) is 0 Å².